The Kier molecular flexibility index (Phi) is 4.61. The van der Waals surface area contributed by atoms with Crippen LogP contribution in [-0.4, -0.2) is 28.8 Å². The number of nitrogens with zero attached hydrogens (tertiary/aromatic N) is 2. The van der Waals surface area contributed by atoms with Crippen LogP contribution in [0.5, 0.6) is 11.5 Å². The number of fused-ring (bicyclic) bond motifs is 1. The maximum atomic E-state index is 12.7. The van der Waals surface area contributed by atoms with Gasteiger partial charge in [0.15, 0.2) is 12.1 Å². The molecule has 0 aliphatic carbocycles. The molecule has 4 rings (SSSR count). The largest absolute Gasteiger partial charge is 0.573 e. The Hall–Kier alpha value is -3.56. The first kappa shape index (κ1) is 18.8. The fourth-order valence-electron chi connectivity index (χ4n) is 3.26. The zero-order valence-electron chi connectivity index (χ0n) is 14.8. The Labute approximate surface area is 162 Å². The molecule has 3 aromatic rings. The molecule has 150 valence electrons. The number of hydrogen-bond acceptors (Lipinski definition) is 6. The average Bonchev–Trinajstić information content (AvgIpc) is 3.22. The van der Waals surface area contributed by atoms with Crippen molar-refractivity contribution in [1.82, 2.24) is 15.3 Å². The van der Waals surface area contributed by atoms with E-state index in [1.54, 1.807) is 18.3 Å². The second-order valence-electron chi connectivity index (χ2n) is 6.25. The van der Waals surface area contributed by atoms with E-state index in [4.69, 9.17) is 9.15 Å². The number of halogens is 3. The van der Waals surface area contributed by atoms with Gasteiger partial charge in [-0.25, -0.2) is 4.98 Å². The third-order valence-corrected chi connectivity index (χ3v) is 4.48. The summed E-state index contributed by atoms with van der Waals surface area (Å²) in [5, 5.41) is 2.91. The standard InChI is InChI=1S/C19H14F3N3O4/c20-19(21,22)29-13-5-3-12(4-6-13)18(25-17(26)14-10-27-11-24-14)7-9-28-15-2-1-8-23-16(15)18/h1-6,8,10-11H,7,9H2,(H,25,26)/t18-/m0/s1. The molecule has 1 aliphatic rings. The molecule has 0 fully saturated rings. The van der Waals surface area contributed by atoms with E-state index < -0.39 is 17.8 Å². The van der Waals surface area contributed by atoms with Gasteiger partial charge in [0.2, 0.25) is 0 Å². The van der Waals surface area contributed by atoms with Crippen LogP contribution >= 0.6 is 0 Å². The molecular weight excluding hydrogens is 391 g/mol. The molecule has 0 saturated carbocycles. The Bertz CT molecular complexity index is 1010. The number of rotatable bonds is 4. The molecular formula is C19H14F3N3O4. The Balaban J connectivity index is 1.77. The topological polar surface area (TPSA) is 86.5 Å². The third kappa shape index (κ3) is 3.73. The van der Waals surface area contributed by atoms with E-state index in [2.05, 4.69) is 20.0 Å². The molecule has 1 atom stereocenters. The van der Waals surface area contributed by atoms with Crippen LogP contribution in [0, 0.1) is 0 Å². The molecule has 0 saturated heterocycles. The van der Waals surface area contributed by atoms with Gasteiger partial charge in [0.25, 0.3) is 5.91 Å². The summed E-state index contributed by atoms with van der Waals surface area (Å²) in [4.78, 5) is 21.0. The van der Waals surface area contributed by atoms with Crippen molar-refractivity contribution < 1.29 is 31.9 Å². The highest BCUT2D eigenvalue weighted by Crippen LogP contribution is 2.41. The lowest BCUT2D eigenvalue weighted by atomic mass is 9.81. The number of carbonyl (C=O) groups is 1. The van der Waals surface area contributed by atoms with Gasteiger partial charge in [-0.05, 0) is 29.8 Å². The Morgan fingerprint density at radius 1 is 1.17 bits per heavy atom. The van der Waals surface area contributed by atoms with E-state index in [1.807, 2.05) is 0 Å². The minimum Gasteiger partial charge on any atom is -0.491 e. The molecule has 7 nitrogen and oxygen atoms in total. The number of aromatic nitrogens is 2. The summed E-state index contributed by atoms with van der Waals surface area (Å²) < 4.78 is 51.9. The van der Waals surface area contributed by atoms with Crippen LogP contribution in [0.3, 0.4) is 0 Å². The van der Waals surface area contributed by atoms with Gasteiger partial charge in [0.05, 0.1) is 6.61 Å². The number of carbonyl (C=O) groups excluding carboxylic acids is 1. The van der Waals surface area contributed by atoms with Crippen molar-refractivity contribution in [2.45, 2.75) is 18.3 Å². The third-order valence-electron chi connectivity index (χ3n) is 4.48. The predicted molar refractivity (Wildman–Crippen MR) is 92.2 cm³/mol. The average molecular weight is 405 g/mol. The van der Waals surface area contributed by atoms with Crippen molar-refractivity contribution >= 4 is 5.91 Å². The zero-order valence-corrected chi connectivity index (χ0v) is 14.8. The summed E-state index contributed by atoms with van der Waals surface area (Å²) in [6, 6.07) is 8.67. The summed E-state index contributed by atoms with van der Waals surface area (Å²) in [6.07, 6.45) is -0.623. The van der Waals surface area contributed by atoms with E-state index in [-0.39, 0.29) is 18.1 Å². The molecule has 1 aromatic carbocycles. The minimum absolute atomic E-state index is 0.0605. The molecule has 0 radical (unpaired) electrons. The van der Waals surface area contributed by atoms with Crippen LogP contribution in [0.15, 0.2) is 59.7 Å². The molecule has 10 heteroatoms. The van der Waals surface area contributed by atoms with Gasteiger partial charge in [-0.1, -0.05) is 12.1 Å². The Morgan fingerprint density at radius 3 is 2.66 bits per heavy atom. The second kappa shape index (κ2) is 7.12. The van der Waals surface area contributed by atoms with Crippen molar-refractivity contribution in [3.8, 4) is 11.5 Å². The van der Waals surface area contributed by atoms with Crippen molar-refractivity contribution in [3.63, 3.8) is 0 Å². The van der Waals surface area contributed by atoms with Crippen LogP contribution in [-0.2, 0) is 5.54 Å². The maximum absolute atomic E-state index is 12.7. The van der Waals surface area contributed by atoms with Crippen molar-refractivity contribution in [2.75, 3.05) is 6.61 Å². The Morgan fingerprint density at radius 2 is 1.97 bits per heavy atom. The smallest absolute Gasteiger partial charge is 0.491 e. The van der Waals surface area contributed by atoms with E-state index in [0.29, 0.717) is 23.4 Å². The number of hydrogen-bond donors (Lipinski definition) is 1. The molecule has 29 heavy (non-hydrogen) atoms. The quantitative estimate of drug-likeness (QED) is 0.716. The lowest BCUT2D eigenvalue weighted by Gasteiger charge is -2.38. The molecule has 1 aliphatic heterocycles. The van der Waals surface area contributed by atoms with Crippen molar-refractivity contribution in [3.05, 3.63) is 72.2 Å². The molecule has 1 amide bonds. The van der Waals surface area contributed by atoms with Crippen LogP contribution in [0.1, 0.15) is 28.2 Å². The summed E-state index contributed by atoms with van der Waals surface area (Å²) in [6.45, 7) is 0.262. The van der Waals surface area contributed by atoms with Crippen LogP contribution < -0.4 is 14.8 Å². The molecule has 0 unspecified atom stereocenters. The highest BCUT2D eigenvalue weighted by atomic mass is 19.4. The highest BCUT2D eigenvalue weighted by Gasteiger charge is 2.43. The van der Waals surface area contributed by atoms with Gasteiger partial charge >= 0.3 is 6.36 Å². The number of oxazole rings is 1. The van der Waals surface area contributed by atoms with Gasteiger partial charge in [-0.3, -0.25) is 9.78 Å². The van der Waals surface area contributed by atoms with Gasteiger partial charge in [0.1, 0.15) is 29.0 Å². The van der Waals surface area contributed by atoms with Crippen molar-refractivity contribution in [2.24, 2.45) is 0 Å². The first-order chi connectivity index (χ1) is 13.9. The van der Waals surface area contributed by atoms with Gasteiger partial charge in [-0.2, -0.15) is 0 Å². The number of benzene rings is 1. The number of alkyl halides is 3. The predicted octanol–water partition coefficient (Wildman–Crippen LogP) is 3.42. The molecule has 1 N–H and O–H groups in total. The zero-order chi connectivity index (χ0) is 20.5. The summed E-state index contributed by atoms with van der Waals surface area (Å²) in [5.41, 5.74) is -0.119. The fourth-order valence-corrected chi connectivity index (χ4v) is 3.26. The van der Waals surface area contributed by atoms with Crippen LogP contribution in [0.4, 0.5) is 13.2 Å². The minimum atomic E-state index is -4.80. The van der Waals surface area contributed by atoms with E-state index in [1.165, 1.54) is 30.5 Å². The SMILES string of the molecule is O=C(N[C@]1(c2ccc(OC(F)(F)F)cc2)CCOc2cccnc21)c1cocn1. The van der Waals surface area contributed by atoms with Crippen LogP contribution in [0.25, 0.3) is 0 Å². The number of nitrogens with one attached hydrogen (secondary N) is 1. The number of amides is 1. The summed E-state index contributed by atoms with van der Waals surface area (Å²) in [7, 11) is 0. The first-order valence-corrected chi connectivity index (χ1v) is 8.53. The summed E-state index contributed by atoms with van der Waals surface area (Å²) in [5.74, 6) is -0.421. The highest BCUT2D eigenvalue weighted by molar-refractivity contribution is 5.93. The summed E-state index contributed by atoms with van der Waals surface area (Å²) >= 11 is 0. The van der Waals surface area contributed by atoms with Crippen LogP contribution in [0.2, 0.25) is 0 Å². The van der Waals surface area contributed by atoms with Crippen molar-refractivity contribution in [1.29, 1.82) is 0 Å². The number of pyridine rings is 1. The normalized spacial score (nSPS) is 18.4. The lowest BCUT2D eigenvalue weighted by Crippen LogP contribution is -2.50. The van der Waals surface area contributed by atoms with E-state index in [0.717, 1.165) is 6.39 Å². The van der Waals surface area contributed by atoms with Gasteiger partial charge in [-0.15, -0.1) is 13.2 Å². The first-order valence-electron chi connectivity index (χ1n) is 8.53. The molecule has 2 aromatic heterocycles. The maximum Gasteiger partial charge on any atom is 0.573 e. The molecule has 0 bridgehead atoms. The lowest BCUT2D eigenvalue weighted by molar-refractivity contribution is -0.274. The monoisotopic (exact) mass is 405 g/mol. The molecule has 0 spiro atoms. The second-order valence-corrected chi connectivity index (χ2v) is 6.25. The van der Waals surface area contributed by atoms with Gasteiger partial charge in [0, 0.05) is 12.6 Å². The number of ether oxygens (including phenoxy) is 2. The fraction of sp³-hybridized carbons (Fsp3) is 0.211. The van der Waals surface area contributed by atoms with E-state index >= 15 is 0 Å². The molecule has 3 heterocycles. The van der Waals surface area contributed by atoms with Gasteiger partial charge < -0.3 is 19.2 Å². The van der Waals surface area contributed by atoms with E-state index in [9.17, 15) is 18.0 Å².